The van der Waals surface area contributed by atoms with E-state index in [4.69, 9.17) is 9.47 Å². The summed E-state index contributed by atoms with van der Waals surface area (Å²) in [6.07, 6.45) is 0.0293. The van der Waals surface area contributed by atoms with Crippen LogP contribution in [0.15, 0.2) is 97.1 Å². The number of anilines is 1. The summed E-state index contributed by atoms with van der Waals surface area (Å²) in [5.74, 6) is -0.861. The molecule has 4 aromatic carbocycles. The number of fused-ring (bicyclic) bond motifs is 1. The molecule has 0 radical (unpaired) electrons. The molecule has 0 heterocycles. The summed E-state index contributed by atoms with van der Waals surface area (Å²) < 4.78 is 28.0. The highest BCUT2D eigenvalue weighted by Crippen LogP contribution is 2.41. The van der Waals surface area contributed by atoms with Gasteiger partial charge in [-0.15, -0.1) is 0 Å². The van der Waals surface area contributed by atoms with Crippen molar-refractivity contribution < 1.29 is 23.8 Å². The van der Waals surface area contributed by atoms with E-state index in [1.165, 1.54) is 0 Å². The Hall–Kier alpha value is -4.20. The van der Waals surface area contributed by atoms with Crippen molar-refractivity contribution >= 4 is 11.7 Å². The molecular formula is C36H39FN2O4. The maximum atomic E-state index is 16.5. The maximum absolute atomic E-state index is 16.5. The fourth-order valence-electron chi connectivity index (χ4n) is 5.51. The van der Waals surface area contributed by atoms with E-state index in [9.17, 15) is 9.90 Å². The average Bonchev–Trinajstić information content (AvgIpc) is 2.99. The fourth-order valence-corrected chi connectivity index (χ4v) is 5.51. The lowest BCUT2D eigenvalue weighted by Crippen LogP contribution is -2.41. The minimum atomic E-state index is -1.12. The number of rotatable bonds is 10. The van der Waals surface area contributed by atoms with Crippen LogP contribution in [-0.2, 0) is 22.6 Å². The number of nitrogens with one attached hydrogen (secondary N) is 2. The number of carbonyl (C=O) groups is 1. The molecule has 0 aromatic heterocycles. The van der Waals surface area contributed by atoms with Crippen molar-refractivity contribution in [2.45, 2.75) is 64.0 Å². The van der Waals surface area contributed by atoms with Crippen molar-refractivity contribution in [2.24, 2.45) is 0 Å². The van der Waals surface area contributed by atoms with Gasteiger partial charge in [-0.25, -0.2) is 4.39 Å². The first-order chi connectivity index (χ1) is 20.7. The number of aryl methyl sites for hydroxylation is 1. The van der Waals surface area contributed by atoms with Gasteiger partial charge in [-0.2, -0.15) is 0 Å². The summed E-state index contributed by atoms with van der Waals surface area (Å²) >= 11 is 0. The van der Waals surface area contributed by atoms with Crippen LogP contribution < -0.4 is 15.4 Å². The molecule has 5 rings (SSSR count). The van der Waals surface area contributed by atoms with Crippen molar-refractivity contribution in [1.29, 1.82) is 0 Å². The highest BCUT2D eigenvalue weighted by Gasteiger charge is 2.35. The third-order valence-electron chi connectivity index (χ3n) is 7.47. The minimum Gasteiger partial charge on any atom is -0.487 e. The molecule has 0 bridgehead atoms. The number of benzene rings is 4. The summed E-state index contributed by atoms with van der Waals surface area (Å²) in [7, 11) is 0. The molecule has 7 heteroatoms. The summed E-state index contributed by atoms with van der Waals surface area (Å²) in [6.45, 7) is 5.31. The van der Waals surface area contributed by atoms with Crippen LogP contribution in [0.1, 0.15) is 67.2 Å². The van der Waals surface area contributed by atoms with Gasteiger partial charge in [0.15, 0.2) is 5.82 Å². The van der Waals surface area contributed by atoms with Gasteiger partial charge in [0, 0.05) is 11.6 Å². The minimum absolute atomic E-state index is 0.0305. The number of carbonyl (C=O) groups excluding carboxylic acids is 1. The molecule has 6 nitrogen and oxygen atoms in total. The monoisotopic (exact) mass is 582 g/mol. The Kier molecular flexibility index (Phi) is 9.43. The molecule has 0 spiro atoms. The second-order valence-corrected chi connectivity index (χ2v) is 11.9. The van der Waals surface area contributed by atoms with Crippen LogP contribution in [0, 0.1) is 5.82 Å². The van der Waals surface area contributed by atoms with Crippen LogP contribution in [0.4, 0.5) is 10.1 Å². The van der Waals surface area contributed by atoms with Crippen LogP contribution in [0.3, 0.4) is 0 Å². The zero-order chi connectivity index (χ0) is 30.4. The Bertz CT molecular complexity index is 1470. The maximum Gasteiger partial charge on any atom is 0.325 e. The van der Waals surface area contributed by atoms with Crippen molar-refractivity contribution in [3.63, 3.8) is 0 Å². The van der Waals surface area contributed by atoms with Gasteiger partial charge in [-0.05, 0) is 61.9 Å². The number of hydrogen-bond donors (Lipinski definition) is 3. The standard InChI is InChI=1S/C36H39FN2O4/c1-36(2,3)43-30(40)22-38-34-29(42-23-24-13-7-4-8-14-24)21-27-19-20-28(35(41)31(27)32(34)37)39-33(25-15-9-5-10-16-25)26-17-11-6-12-18-26/h4-18,21,28,33,35,38-39,41H,19-20,22-23H2,1-3H3/t28-,35+/m1/s1. The van der Waals surface area contributed by atoms with Gasteiger partial charge in [0.2, 0.25) is 0 Å². The van der Waals surface area contributed by atoms with E-state index < -0.39 is 29.5 Å². The topological polar surface area (TPSA) is 79.8 Å². The van der Waals surface area contributed by atoms with Crippen molar-refractivity contribution in [2.75, 3.05) is 11.9 Å². The molecular weight excluding hydrogens is 543 g/mol. The lowest BCUT2D eigenvalue weighted by atomic mass is 9.83. The fraction of sp³-hybridized carbons (Fsp3) is 0.306. The summed E-state index contributed by atoms with van der Waals surface area (Å²) in [4.78, 5) is 12.5. The third kappa shape index (κ3) is 7.61. The van der Waals surface area contributed by atoms with Gasteiger partial charge in [0.25, 0.3) is 0 Å². The van der Waals surface area contributed by atoms with Crippen LogP contribution in [0.25, 0.3) is 0 Å². The number of hydrogen-bond acceptors (Lipinski definition) is 6. The van der Waals surface area contributed by atoms with E-state index in [1.807, 2.05) is 91.0 Å². The van der Waals surface area contributed by atoms with E-state index in [0.29, 0.717) is 18.4 Å². The van der Waals surface area contributed by atoms with Crippen molar-refractivity contribution in [3.8, 4) is 5.75 Å². The Morgan fingerprint density at radius 3 is 2.12 bits per heavy atom. The Balaban J connectivity index is 1.44. The van der Waals surface area contributed by atoms with E-state index in [-0.39, 0.29) is 36.2 Å². The van der Waals surface area contributed by atoms with Gasteiger partial charge in [0.05, 0.1) is 12.1 Å². The van der Waals surface area contributed by atoms with E-state index >= 15 is 4.39 Å². The lowest BCUT2D eigenvalue weighted by Gasteiger charge is -2.35. The molecule has 1 aliphatic rings. The molecule has 3 N–H and O–H groups in total. The molecule has 43 heavy (non-hydrogen) atoms. The molecule has 0 unspecified atom stereocenters. The van der Waals surface area contributed by atoms with Gasteiger partial charge < -0.3 is 25.2 Å². The van der Waals surface area contributed by atoms with E-state index in [0.717, 1.165) is 16.7 Å². The Morgan fingerprint density at radius 1 is 0.953 bits per heavy atom. The number of aliphatic hydroxyl groups is 1. The quantitative estimate of drug-likeness (QED) is 0.177. The molecule has 0 saturated heterocycles. The Labute approximate surface area is 252 Å². The molecule has 4 aromatic rings. The van der Waals surface area contributed by atoms with Crippen LogP contribution in [-0.4, -0.2) is 29.3 Å². The third-order valence-corrected chi connectivity index (χ3v) is 7.47. The van der Waals surface area contributed by atoms with E-state index in [1.54, 1.807) is 26.8 Å². The second kappa shape index (κ2) is 13.4. The van der Waals surface area contributed by atoms with Crippen LogP contribution in [0.5, 0.6) is 5.75 Å². The van der Waals surface area contributed by atoms with Gasteiger partial charge in [0.1, 0.15) is 30.2 Å². The number of esters is 1. The molecule has 0 aliphatic heterocycles. The average molecular weight is 583 g/mol. The lowest BCUT2D eigenvalue weighted by molar-refractivity contribution is -0.152. The predicted molar refractivity (Wildman–Crippen MR) is 166 cm³/mol. The summed E-state index contributed by atoms with van der Waals surface area (Å²) in [5, 5.41) is 18.2. The first-order valence-electron chi connectivity index (χ1n) is 14.7. The number of halogens is 1. The highest BCUT2D eigenvalue weighted by molar-refractivity contribution is 5.77. The van der Waals surface area contributed by atoms with Gasteiger partial charge in [-0.1, -0.05) is 91.0 Å². The smallest absolute Gasteiger partial charge is 0.325 e. The first kappa shape index (κ1) is 30.3. The molecule has 0 saturated carbocycles. The number of aliphatic hydroxyl groups excluding tert-OH is 1. The van der Waals surface area contributed by atoms with Crippen LogP contribution >= 0.6 is 0 Å². The number of ether oxygens (including phenoxy) is 2. The first-order valence-corrected chi connectivity index (χ1v) is 14.7. The van der Waals surface area contributed by atoms with E-state index in [2.05, 4.69) is 10.6 Å². The van der Waals surface area contributed by atoms with Crippen molar-refractivity contribution in [1.82, 2.24) is 5.32 Å². The normalized spacial score (nSPS) is 16.4. The van der Waals surface area contributed by atoms with Gasteiger partial charge >= 0.3 is 5.97 Å². The zero-order valence-corrected chi connectivity index (χ0v) is 24.8. The van der Waals surface area contributed by atoms with Gasteiger partial charge in [-0.3, -0.25) is 4.79 Å². The molecule has 0 amide bonds. The second-order valence-electron chi connectivity index (χ2n) is 11.9. The van der Waals surface area contributed by atoms with Crippen LogP contribution in [0.2, 0.25) is 0 Å². The SMILES string of the molecule is CC(C)(C)OC(=O)CNc1c(OCc2ccccc2)cc2c(c1F)[C@@H](O)[C@H](NC(c1ccccc1)c1ccccc1)CC2. The summed E-state index contributed by atoms with van der Waals surface area (Å²) in [5.41, 5.74) is 3.28. The largest absolute Gasteiger partial charge is 0.487 e. The highest BCUT2D eigenvalue weighted by atomic mass is 19.1. The summed E-state index contributed by atoms with van der Waals surface area (Å²) in [6, 6.07) is 30.8. The zero-order valence-electron chi connectivity index (χ0n) is 24.8. The molecule has 1 aliphatic carbocycles. The Morgan fingerprint density at radius 2 is 1.53 bits per heavy atom. The van der Waals surface area contributed by atoms with Crippen molar-refractivity contribution in [3.05, 3.63) is 131 Å². The molecule has 224 valence electrons. The molecule has 2 atom stereocenters. The molecule has 0 fully saturated rings. The predicted octanol–water partition coefficient (Wildman–Crippen LogP) is 6.89.